The van der Waals surface area contributed by atoms with Gasteiger partial charge in [0.2, 0.25) is 5.79 Å². The quantitative estimate of drug-likeness (QED) is 0.735. The van der Waals surface area contributed by atoms with Crippen molar-refractivity contribution in [3.63, 3.8) is 0 Å². The molecule has 0 radical (unpaired) electrons. The standard InChI is InChI=1S/C15H23NO4/c1-11-13(17)9-20-15(19,14(11)18)10-16(2)8-12-6-4-3-5-7-12/h3-7,11,13-14,17-19H,8-10H2,1-2H3. The van der Waals surface area contributed by atoms with Crippen molar-refractivity contribution in [2.24, 2.45) is 5.92 Å². The highest BCUT2D eigenvalue weighted by atomic mass is 16.6. The lowest BCUT2D eigenvalue weighted by molar-refractivity contribution is -0.313. The van der Waals surface area contributed by atoms with Crippen LogP contribution < -0.4 is 0 Å². The zero-order valence-corrected chi connectivity index (χ0v) is 11.9. The molecule has 1 fully saturated rings. The molecule has 5 heteroatoms. The Kier molecular flexibility index (Phi) is 4.78. The number of nitrogens with zero attached hydrogens (tertiary/aromatic N) is 1. The van der Waals surface area contributed by atoms with Gasteiger partial charge in [-0.1, -0.05) is 37.3 Å². The minimum Gasteiger partial charge on any atom is -0.390 e. The van der Waals surface area contributed by atoms with E-state index in [4.69, 9.17) is 4.74 Å². The van der Waals surface area contributed by atoms with Crippen LogP contribution in [0, 0.1) is 5.92 Å². The van der Waals surface area contributed by atoms with Crippen molar-refractivity contribution >= 4 is 0 Å². The first-order chi connectivity index (χ1) is 9.42. The minimum absolute atomic E-state index is 0.0356. The van der Waals surface area contributed by atoms with Crippen molar-refractivity contribution in [3.05, 3.63) is 35.9 Å². The van der Waals surface area contributed by atoms with Gasteiger partial charge in [0, 0.05) is 12.5 Å². The van der Waals surface area contributed by atoms with Crippen molar-refractivity contribution in [1.82, 2.24) is 4.90 Å². The normalized spacial score (nSPS) is 34.4. The molecule has 5 nitrogen and oxygen atoms in total. The Morgan fingerprint density at radius 3 is 2.60 bits per heavy atom. The van der Waals surface area contributed by atoms with Crippen LogP contribution in [0.1, 0.15) is 12.5 Å². The fraction of sp³-hybridized carbons (Fsp3) is 0.600. The molecule has 0 aromatic heterocycles. The molecule has 1 aliphatic heterocycles. The van der Waals surface area contributed by atoms with Gasteiger partial charge in [0.1, 0.15) is 6.10 Å². The molecule has 0 saturated carbocycles. The van der Waals surface area contributed by atoms with E-state index in [1.54, 1.807) is 6.92 Å². The van der Waals surface area contributed by atoms with Crippen molar-refractivity contribution < 1.29 is 20.1 Å². The predicted octanol–water partition coefficient (Wildman–Crippen LogP) is 0.195. The molecule has 1 aromatic rings. The maximum Gasteiger partial charge on any atom is 0.205 e. The maximum absolute atomic E-state index is 10.5. The SMILES string of the molecule is CC1C(O)COC(O)(CN(C)Cc2ccccc2)C1O. The van der Waals surface area contributed by atoms with Gasteiger partial charge in [-0.05, 0) is 12.6 Å². The zero-order chi connectivity index (χ0) is 14.8. The van der Waals surface area contributed by atoms with Crippen LogP contribution in [0.25, 0.3) is 0 Å². The number of ether oxygens (including phenoxy) is 1. The number of likely N-dealkylation sites (N-methyl/N-ethyl adjacent to an activating group) is 1. The maximum atomic E-state index is 10.5. The van der Waals surface area contributed by atoms with Crippen LogP contribution in [0.2, 0.25) is 0 Å². The van der Waals surface area contributed by atoms with Gasteiger partial charge in [-0.25, -0.2) is 0 Å². The lowest BCUT2D eigenvalue weighted by atomic mass is 9.89. The summed E-state index contributed by atoms with van der Waals surface area (Å²) in [5.74, 6) is -2.05. The van der Waals surface area contributed by atoms with Crippen LogP contribution in [0.5, 0.6) is 0 Å². The molecule has 3 N–H and O–H groups in total. The highest BCUT2D eigenvalue weighted by Gasteiger charge is 2.47. The molecular formula is C15H23NO4. The van der Waals surface area contributed by atoms with Gasteiger partial charge in [0.05, 0.1) is 19.3 Å². The van der Waals surface area contributed by atoms with Gasteiger partial charge in [-0.15, -0.1) is 0 Å². The molecule has 4 unspecified atom stereocenters. The number of hydrogen-bond acceptors (Lipinski definition) is 5. The third-order valence-corrected chi connectivity index (χ3v) is 3.86. The molecule has 1 aromatic carbocycles. The van der Waals surface area contributed by atoms with Gasteiger partial charge in [-0.3, -0.25) is 4.90 Å². The summed E-state index contributed by atoms with van der Waals surface area (Å²) in [7, 11) is 1.86. The molecule has 0 spiro atoms. The van der Waals surface area contributed by atoms with E-state index >= 15 is 0 Å². The highest BCUT2D eigenvalue weighted by molar-refractivity contribution is 5.14. The number of hydrogen-bond donors (Lipinski definition) is 3. The summed E-state index contributed by atoms with van der Waals surface area (Å²) in [6.07, 6.45) is -1.85. The summed E-state index contributed by atoms with van der Waals surface area (Å²) in [4.78, 5) is 1.89. The second kappa shape index (κ2) is 6.20. The van der Waals surface area contributed by atoms with Gasteiger partial charge in [-0.2, -0.15) is 0 Å². The average Bonchev–Trinajstić information content (AvgIpc) is 2.42. The van der Waals surface area contributed by atoms with Gasteiger partial charge in [0.25, 0.3) is 0 Å². The second-order valence-electron chi connectivity index (χ2n) is 5.69. The summed E-state index contributed by atoms with van der Waals surface area (Å²) in [6, 6.07) is 9.88. The molecule has 1 heterocycles. The van der Waals surface area contributed by atoms with Crippen LogP contribution in [0.4, 0.5) is 0 Å². The summed E-state index contributed by atoms with van der Waals surface area (Å²) < 4.78 is 5.28. The first-order valence-corrected chi connectivity index (χ1v) is 6.87. The highest BCUT2D eigenvalue weighted by Crippen LogP contribution is 2.28. The summed E-state index contributed by atoms with van der Waals surface area (Å²) in [5.41, 5.74) is 1.12. The van der Waals surface area contributed by atoms with E-state index in [1.165, 1.54) is 0 Å². The Labute approximate surface area is 119 Å². The second-order valence-corrected chi connectivity index (χ2v) is 5.69. The topological polar surface area (TPSA) is 73.2 Å². The lowest BCUT2D eigenvalue weighted by Crippen LogP contribution is -2.61. The molecule has 4 atom stereocenters. The first-order valence-electron chi connectivity index (χ1n) is 6.87. The van der Waals surface area contributed by atoms with Crippen molar-refractivity contribution in [3.8, 4) is 0 Å². The van der Waals surface area contributed by atoms with Crippen LogP contribution in [-0.4, -0.2) is 58.4 Å². The van der Waals surface area contributed by atoms with E-state index in [-0.39, 0.29) is 13.2 Å². The molecule has 2 rings (SSSR count). The Morgan fingerprint density at radius 2 is 1.95 bits per heavy atom. The molecule has 0 bridgehead atoms. The third kappa shape index (κ3) is 3.37. The number of rotatable bonds is 4. The molecule has 112 valence electrons. The molecule has 0 aliphatic carbocycles. The van der Waals surface area contributed by atoms with Gasteiger partial charge in [0.15, 0.2) is 0 Å². The van der Waals surface area contributed by atoms with Crippen molar-refractivity contribution in [1.29, 1.82) is 0 Å². The number of aliphatic hydroxyl groups is 3. The third-order valence-electron chi connectivity index (χ3n) is 3.86. The van der Waals surface area contributed by atoms with Gasteiger partial charge >= 0.3 is 0 Å². The zero-order valence-electron chi connectivity index (χ0n) is 11.9. The van der Waals surface area contributed by atoms with E-state index in [1.807, 2.05) is 42.3 Å². The Bertz CT molecular complexity index is 427. The molecule has 1 aliphatic rings. The fourth-order valence-electron chi connectivity index (χ4n) is 2.56. The first kappa shape index (κ1) is 15.4. The van der Waals surface area contributed by atoms with Crippen molar-refractivity contribution in [2.45, 2.75) is 31.5 Å². The monoisotopic (exact) mass is 281 g/mol. The number of aliphatic hydroxyl groups excluding tert-OH is 2. The Morgan fingerprint density at radius 1 is 1.30 bits per heavy atom. The fourth-order valence-corrected chi connectivity index (χ4v) is 2.56. The van der Waals surface area contributed by atoms with Gasteiger partial charge < -0.3 is 20.1 Å². The molecule has 1 saturated heterocycles. The minimum atomic E-state index is -1.64. The average molecular weight is 281 g/mol. The largest absolute Gasteiger partial charge is 0.390 e. The van der Waals surface area contributed by atoms with Crippen LogP contribution in [-0.2, 0) is 11.3 Å². The smallest absolute Gasteiger partial charge is 0.205 e. The van der Waals surface area contributed by atoms with E-state index in [9.17, 15) is 15.3 Å². The molecular weight excluding hydrogens is 258 g/mol. The van der Waals surface area contributed by atoms with E-state index in [2.05, 4.69) is 0 Å². The summed E-state index contributed by atoms with van der Waals surface area (Å²) >= 11 is 0. The lowest BCUT2D eigenvalue weighted by Gasteiger charge is -2.44. The summed E-state index contributed by atoms with van der Waals surface area (Å²) in [5, 5.41) is 30.2. The van der Waals surface area contributed by atoms with Crippen molar-refractivity contribution in [2.75, 3.05) is 20.2 Å². The van der Waals surface area contributed by atoms with Crippen LogP contribution >= 0.6 is 0 Å². The molecule has 0 amide bonds. The van der Waals surface area contributed by atoms with Crippen LogP contribution in [0.3, 0.4) is 0 Å². The van der Waals surface area contributed by atoms with E-state index in [0.717, 1.165) is 5.56 Å². The van der Waals surface area contributed by atoms with E-state index in [0.29, 0.717) is 6.54 Å². The predicted molar refractivity (Wildman–Crippen MR) is 74.9 cm³/mol. The van der Waals surface area contributed by atoms with E-state index < -0.39 is 23.9 Å². The molecule has 20 heavy (non-hydrogen) atoms. The summed E-state index contributed by atoms with van der Waals surface area (Å²) in [6.45, 7) is 2.57. The van der Waals surface area contributed by atoms with Crippen LogP contribution in [0.15, 0.2) is 30.3 Å². The Hall–Kier alpha value is -0.980. The Balaban J connectivity index is 1.97. The number of benzene rings is 1.